The second-order valence-corrected chi connectivity index (χ2v) is 6.13. The zero-order chi connectivity index (χ0) is 16.0. The van der Waals surface area contributed by atoms with E-state index >= 15 is 0 Å². The smallest absolute Gasteiger partial charge is 0.254 e. The Morgan fingerprint density at radius 3 is 2.67 bits per heavy atom. The third-order valence-corrected chi connectivity index (χ3v) is 3.57. The van der Waals surface area contributed by atoms with Crippen LogP contribution >= 0.6 is 0 Å². The minimum absolute atomic E-state index is 0.0270. The average molecular weight is 291 g/mol. The van der Waals surface area contributed by atoms with Crippen molar-refractivity contribution in [2.75, 3.05) is 13.2 Å². The molecule has 0 saturated carbocycles. The zero-order valence-corrected chi connectivity index (χ0v) is 13.0. The molecule has 1 aromatic carbocycles. The van der Waals surface area contributed by atoms with Gasteiger partial charge in [0, 0.05) is 12.1 Å². The number of aliphatic hydroxyl groups excluding tert-OH is 1. The van der Waals surface area contributed by atoms with Gasteiger partial charge in [0.05, 0.1) is 5.56 Å². The Hall–Kier alpha value is -1.86. The summed E-state index contributed by atoms with van der Waals surface area (Å²) in [6.07, 6.45) is 0. The Morgan fingerprint density at radius 1 is 1.43 bits per heavy atom. The van der Waals surface area contributed by atoms with Crippen molar-refractivity contribution in [3.8, 4) is 11.8 Å². The Balaban J connectivity index is 2.82. The number of carbonyl (C=O) groups excluding carboxylic acids is 1. The van der Waals surface area contributed by atoms with Crippen LogP contribution in [0.3, 0.4) is 0 Å². The summed E-state index contributed by atoms with van der Waals surface area (Å²) in [5.41, 5.74) is 0.542. The van der Waals surface area contributed by atoms with Gasteiger partial charge in [-0.25, -0.2) is 4.39 Å². The minimum atomic E-state index is -0.578. The van der Waals surface area contributed by atoms with Crippen LogP contribution in [0, 0.1) is 29.0 Å². The molecule has 114 valence electrons. The quantitative estimate of drug-likeness (QED) is 0.841. The normalized spacial score (nSPS) is 12.3. The summed E-state index contributed by atoms with van der Waals surface area (Å²) in [6.45, 7) is 8.52. The van der Waals surface area contributed by atoms with Crippen molar-refractivity contribution in [2.45, 2.75) is 27.7 Å². The summed E-state index contributed by atoms with van der Waals surface area (Å²) in [4.78, 5) is 12.1. The van der Waals surface area contributed by atoms with Crippen LogP contribution in [-0.4, -0.2) is 24.2 Å². The van der Waals surface area contributed by atoms with Crippen LogP contribution in [0.4, 0.5) is 4.39 Å². The first kappa shape index (κ1) is 17.2. The van der Waals surface area contributed by atoms with Crippen LogP contribution < -0.4 is 5.32 Å². The summed E-state index contributed by atoms with van der Waals surface area (Å²) in [5, 5.41) is 11.4. The number of amides is 1. The van der Waals surface area contributed by atoms with E-state index in [2.05, 4.69) is 37.9 Å². The molecule has 0 saturated heterocycles. The molecule has 1 unspecified atom stereocenters. The molecule has 3 nitrogen and oxygen atoms in total. The molecule has 1 rings (SSSR count). The van der Waals surface area contributed by atoms with Crippen LogP contribution in [0.15, 0.2) is 18.2 Å². The van der Waals surface area contributed by atoms with E-state index in [4.69, 9.17) is 5.11 Å². The van der Waals surface area contributed by atoms with Gasteiger partial charge >= 0.3 is 0 Å². The van der Waals surface area contributed by atoms with Gasteiger partial charge in [-0.1, -0.05) is 39.5 Å². The highest BCUT2D eigenvalue weighted by Gasteiger charge is 2.21. The predicted octanol–water partition coefficient (Wildman–Crippen LogP) is 2.58. The SMILES string of the molecule is CC(CNC(=O)c1cc(C#CCO)ccc1F)C(C)(C)C. The van der Waals surface area contributed by atoms with Gasteiger partial charge < -0.3 is 10.4 Å². The summed E-state index contributed by atoms with van der Waals surface area (Å²) in [5.74, 6) is 4.37. The standard InChI is InChI=1S/C17H22FNO2/c1-12(17(2,3)4)11-19-16(21)14-10-13(6-5-9-20)7-8-15(14)18/h7-8,10,12,20H,9,11H2,1-4H3,(H,19,21). The zero-order valence-electron chi connectivity index (χ0n) is 13.0. The molecule has 21 heavy (non-hydrogen) atoms. The van der Waals surface area contributed by atoms with Gasteiger partial charge in [0.25, 0.3) is 5.91 Å². The molecule has 0 aliphatic heterocycles. The summed E-state index contributed by atoms with van der Waals surface area (Å²) in [7, 11) is 0. The van der Waals surface area contributed by atoms with Gasteiger partial charge in [-0.15, -0.1) is 0 Å². The predicted molar refractivity (Wildman–Crippen MR) is 81.3 cm³/mol. The molecular formula is C17H22FNO2. The highest BCUT2D eigenvalue weighted by Crippen LogP contribution is 2.24. The van der Waals surface area contributed by atoms with E-state index < -0.39 is 11.7 Å². The van der Waals surface area contributed by atoms with Gasteiger partial charge in [-0.2, -0.15) is 0 Å². The topological polar surface area (TPSA) is 49.3 Å². The molecule has 0 heterocycles. The number of rotatable bonds is 3. The molecule has 0 radical (unpaired) electrons. The first-order chi connectivity index (χ1) is 9.75. The monoisotopic (exact) mass is 291 g/mol. The van der Waals surface area contributed by atoms with Gasteiger partial charge in [0.1, 0.15) is 12.4 Å². The van der Waals surface area contributed by atoms with E-state index in [-0.39, 0.29) is 23.5 Å². The number of aliphatic hydroxyl groups is 1. The number of hydrogen-bond acceptors (Lipinski definition) is 2. The summed E-state index contributed by atoms with van der Waals surface area (Å²) >= 11 is 0. The van der Waals surface area contributed by atoms with Crippen molar-refractivity contribution >= 4 is 5.91 Å². The lowest BCUT2D eigenvalue weighted by Gasteiger charge is -2.27. The maximum atomic E-state index is 13.7. The molecule has 1 aromatic rings. The largest absolute Gasteiger partial charge is 0.384 e. The molecule has 4 heteroatoms. The molecular weight excluding hydrogens is 269 g/mol. The Bertz CT molecular complexity index is 564. The maximum absolute atomic E-state index is 13.7. The number of benzene rings is 1. The lowest BCUT2D eigenvalue weighted by molar-refractivity contribution is 0.0933. The number of nitrogens with one attached hydrogen (secondary N) is 1. The molecule has 0 aromatic heterocycles. The van der Waals surface area contributed by atoms with E-state index in [1.165, 1.54) is 18.2 Å². The van der Waals surface area contributed by atoms with Crippen molar-refractivity contribution < 1.29 is 14.3 Å². The van der Waals surface area contributed by atoms with Crippen LogP contribution in [0.25, 0.3) is 0 Å². The molecule has 1 amide bonds. The van der Waals surface area contributed by atoms with E-state index in [9.17, 15) is 9.18 Å². The average Bonchev–Trinajstić information content (AvgIpc) is 2.42. The van der Waals surface area contributed by atoms with Gasteiger partial charge in [0.15, 0.2) is 0 Å². The van der Waals surface area contributed by atoms with Crippen molar-refractivity contribution in [1.29, 1.82) is 0 Å². The van der Waals surface area contributed by atoms with Gasteiger partial charge in [0.2, 0.25) is 0 Å². The highest BCUT2D eigenvalue weighted by molar-refractivity contribution is 5.94. The third kappa shape index (κ3) is 5.20. The fourth-order valence-corrected chi connectivity index (χ4v) is 1.57. The van der Waals surface area contributed by atoms with Crippen molar-refractivity contribution in [1.82, 2.24) is 5.32 Å². The summed E-state index contributed by atoms with van der Waals surface area (Å²) < 4.78 is 13.7. The molecule has 0 fully saturated rings. The van der Waals surface area contributed by atoms with Crippen molar-refractivity contribution in [2.24, 2.45) is 11.3 Å². The first-order valence-corrected chi connectivity index (χ1v) is 6.93. The molecule has 0 aliphatic rings. The number of hydrogen-bond donors (Lipinski definition) is 2. The molecule has 0 aliphatic carbocycles. The second-order valence-electron chi connectivity index (χ2n) is 6.13. The number of carbonyl (C=O) groups is 1. The van der Waals surface area contributed by atoms with Gasteiger partial charge in [-0.05, 0) is 29.5 Å². The Kier molecular flexibility index (Phi) is 5.92. The van der Waals surface area contributed by atoms with Crippen molar-refractivity contribution in [3.63, 3.8) is 0 Å². The molecule has 1 atom stereocenters. The van der Waals surface area contributed by atoms with Crippen LogP contribution in [0.5, 0.6) is 0 Å². The fourth-order valence-electron chi connectivity index (χ4n) is 1.57. The van der Waals surface area contributed by atoms with Gasteiger partial charge in [-0.3, -0.25) is 4.79 Å². The lowest BCUT2D eigenvalue weighted by atomic mass is 9.82. The minimum Gasteiger partial charge on any atom is -0.384 e. The number of halogens is 1. The van der Waals surface area contributed by atoms with E-state index in [0.29, 0.717) is 12.1 Å². The van der Waals surface area contributed by atoms with E-state index in [0.717, 1.165) is 0 Å². The lowest BCUT2D eigenvalue weighted by Crippen LogP contribution is -2.34. The van der Waals surface area contributed by atoms with E-state index in [1.54, 1.807) is 0 Å². The van der Waals surface area contributed by atoms with Crippen LogP contribution in [0.2, 0.25) is 0 Å². The van der Waals surface area contributed by atoms with Crippen LogP contribution in [-0.2, 0) is 0 Å². The fraction of sp³-hybridized carbons (Fsp3) is 0.471. The maximum Gasteiger partial charge on any atom is 0.254 e. The molecule has 2 N–H and O–H groups in total. The molecule has 0 spiro atoms. The second kappa shape index (κ2) is 7.24. The Labute approximate surface area is 125 Å². The van der Waals surface area contributed by atoms with E-state index in [1.807, 2.05) is 6.92 Å². The Morgan fingerprint density at radius 2 is 2.10 bits per heavy atom. The highest BCUT2D eigenvalue weighted by atomic mass is 19.1. The molecule has 0 bridgehead atoms. The first-order valence-electron chi connectivity index (χ1n) is 6.93. The summed E-state index contributed by atoms with van der Waals surface area (Å²) in [6, 6.07) is 4.09. The third-order valence-electron chi connectivity index (χ3n) is 3.57. The van der Waals surface area contributed by atoms with Crippen molar-refractivity contribution in [3.05, 3.63) is 35.1 Å². The van der Waals surface area contributed by atoms with Crippen LogP contribution in [0.1, 0.15) is 43.6 Å².